The first-order valence-electron chi connectivity index (χ1n) is 10.3. The molecule has 3 saturated heterocycles. The van der Waals surface area contributed by atoms with Crippen LogP contribution < -0.4 is 37.2 Å². The van der Waals surface area contributed by atoms with Crippen LogP contribution in [-0.2, 0) is 12.5 Å². The number of fused-ring (bicyclic) bond motifs is 2. The molecule has 2 aromatic heterocycles. The van der Waals surface area contributed by atoms with E-state index in [-0.39, 0.29) is 38.9 Å². The first-order valence-corrected chi connectivity index (χ1v) is 12.4. The Balaban J connectivity index is 1.64. The Hall–Kier alpha value is -1.97. The Morgan fingerprint density at radius 2 is 1.97 bits per heavy atom. The standard InChI is InChI=1S/C19H23F2IN7O3/c1-10-6-30-3-2-28(10)18-25-17(13-5-24-15(23)4-12(13)16(20)21)26-19(27-18)29-11-7-31-9-14(29)22-32-8-11/h4-5,10-11,14,16H,2-3,6-9H2,1H3,(H2,23,24)/q-1/t10-,11?,14-/m1/s1. The van der Waals surface area contributed by atoms with Crippen LogP contribution in [-0.4, -0.2) is 75.6 Å². The summed E-state index contributed by atoms with van der Waals surface area (Å²) in [5.41, 5.74) is 5.55. The van der Waals surface area contributed by atoms with Gasteiger partial charge in [0.05, 0.1) is 0 Å². The average Bonchev–Trinajstić information content (AvgIpc) is 2.78. The summed E-state index contributed by atoms with van der Waals surface area (Å²) in [4.78, 5) is 22.2. The molecule has 0 amide bonds. The average molecular weight is 562 g/mol. The molecule has 3 aliphatic rings. The predicted molar refractivity (Wildman–Crippen MR) is 107 cm³/mol. The number of nitrogens with two attached hydrogens (primary N) is 1. The normalized spacial score (nSPS) is 26.2. The number of hydrogen-bond donors (Lipinski definition) is 1. The first-order chi connectivity index (χ1) is 15.5. The van der Waals surface area contributed by atoms with Crippen molar-refractivity contribution < 1.29 is 42.9 Å². The maximum absolute atomic E-state index is 13.8. The molecule has 1 unspecified atom stereocenters. The second-order valence-corrected chi connectivity index (χ2v) is 10.3. The third kappa shape index (κ3) is 4.18. The number of nitrogens with zero attached hydrogens (tertiary/aromatic N) is 6. The molecule has 2 bridgehead atoms. The van der Waals surface area contributed by atoms with Crippen LogP contribution in [0, 0.1) is 0 Å². The number of halogens is 3. The van der Waals surface area contributed by atoms with Gasteiger partial charge in [0.25, 0.3) is 0 Å². The number of hydrogen-bond acceptors (Lipinski definition) is 10. The van der Waals surface area contributed by atoms with Gasteiger partial charge in [0.2, 0.25) is 0 Å². The van der Waals surface area contributed by atoms with E-state index in [0.717, 1.165) is 0 Å². The molecule has 3 fully saturated rings. The van der Waals surface area contributed by atoms with E-state index in [1.165, 1.54) is 12.3 Å². The predicted octanol–water partition coefficient (Wildman–Crippen LogP) is -1.76. The quantitative estimate of drug-likeness (QED) is 0.262. The number of rotatable bonds is 4. The minimum absolute atomic E-state index is 0.0185. The van der Waals surface area contributed by atoms with E-state index in [1.807, 2.05) is 11.8 Å². The number of alkyl halides is 3. The molecular formula is C19H23F2IN7O3-. The second kappa shape index (κ2) is 9.11. The fourth-order valence-corrected chi connectivity index (χ4v) is 6.34. The summed E-state index contributed by atoms with van der Waals surface area (Å²) in [6, 6.07) is 1.17. The summed E-state index contributed by atoms with van der Waals surface area (Å²) in [6.07, 6.45) is -1.44. The van der Waals surface area contributed by atoms with Crippen LogP contribution in [0.5, 0.6) is 0 Å². The van der Waals surface area contributed by atoms with Crippen molar-refractivity contribution >= 4 is 17.7 Å². The van der Waals surface area contributed by atoms with Crippen molar-refractivity contribution in [2.24, 2.45) is 0 Å². The Bertz CT molecular complexity index is 966. The first kappa shape index (κ1) is 21.9. The molecule has 5 heterocycles. The molecule has 0 aliphatic carbocycles. The van der Waals surface area contributed by atoms with Crippen LogP contribution in [0.4, 0.5) is 26.5 Å². The number of morpholine rings is 2. The van der Waals surface area contributed by atoms with Gasteiger partial charge in [-0.1, -0.05) is 0 Å². The third-order valence-corrected chi connectivity index (χ3v) is 7.85. The molecule has 2 N–H and O–H groups in total. The van der Waals surface area contributed by atoms with Gasteiger partial charge >= 0.3 is 194 Å². The number of aromatic nitrogens is 4. The molecule has 0 aromatic carbocycles. The van der Waals surface area contributed by atoms with E-state index in [0.29, 0.717) is 51.5 Å². The Morgan fingerprint density at radius 3 is 2.75 bits per heavy atom. The van der Waals surface area contributed by atoms with Gasteiger partial charge in [-0.2, -0.15) is 0 Å². The van der Waals surface area contributed by atoms with Gasteiger partial charge in [-0.05, 0) is 0 Å². The van der Waals surface area contributed by atoms with Crippen LogP contribution in [0.25, 0.3) is 11.4 Å². The monoisotopic (exact) mass is 562 g/mol. The van der Waals surface area contributed by atoms with Crippen LogP contribution >= 0.6 is 0 Å². The Kier molecular flexibility index (Phi) is 6.22. The molecular weight excluding hydrogens is 539 g/mol. The summed E-state index contributed by atoms with van der Waals surface area (Å²) in [5.74, 6) is 1.05. The molecule has 3 aliphatic heterocycles. The van der Waals surface area contributed by atoms with Crippen molar-refractivity contribution in [1.82, 2.24) is 19.9 Å². The summed E-state index contributed by atoms with van der Waals surface area (Å²) in [6.45, 7) is 5.23. The molecule has 0 spiro atoms. The van der Waals surface area contributed by atoms with Crippen LogP contribution in [0.3, 0.4) is 0 Å². The van der Waals surface area contributed by atoms with Gasteiger partial charge in [-0.3, -0.25) is 0 Å². The van der Waals surface area contributed by atoms with E-state index >= 15 is 0 Å². The molecule has 13 heteroatoms. The summed E-state index contributed by atoms with van der Waals surface area (Å²) in [5, 5.41) is 0. The van der Waals surface area contributed by atoms with E-state index in [4.69, 9.17) is 23.3 Å². The number of anilines is 3. The van der Waals surface area contributed by atoms with Gasteiger partial charge in [-0.25, -0.2) is 0 Å². The Morgan fingerprint density at radius 1 is 1.12 bits per heavy atom. The van der Waals surface area contributed by atoms with E-state index in [9.17, 15) is 8.78 Å². The number of ether oxygens (including phenoxy) is 2. The summed E-state index contributed by atoms with van der Waals surface area (Å²) < 4.78 is 44.8. The fraction of sp³-hybridized carbons (Fsp3) is 0.579. The van der Waals surface area contributed by atoms with Crippen LogP contribution in [0.15, 0.2) is 12.3 Å². The molecule has 3 atom stereocenters. The van der Waals surface area contributed by atoms with Crippen LogP contribution in [0.1, 0.15) is 18.9 Å². The van der Waals surface area contributed by atoms with E-state index in [1.54, 1.807) is 0 Å². The molecule has 5 rings (SSSR count). The van der Waals surface area contributed by atoms with Crippen molar-refractivity contribution in [3.8, 4) is 11.4 Å². The van der Waals surface area contributed by atoms with Crippen molar-refractivity contribution in [3.63, 3.8) is 0 Å². The van der Waals surface area contributed by atoms with Gasteiger partial charge in [-0.15, -0.1) is 0 Å². The van der Waals surface area contributed by atoms with Crippen molar-refractivity contribution in [3.05, 3.63) is 17.8 Å². The molecule has 0 radical (unpaired) electrons. The second-order valence-electron chi connectivity index (χ2n) is 7.77. The topological polar surface area (TPSA) is 112 Å². The molecule has 10 nitrogen and oxygen atoms in total. The maximum atomic E-state index is 13.8. The van der Waals surface area contributed by atoms with Gasteiger partial charge in [0, 0.05) is 0 Å². The molecule has 0 saturated carbocycles. The SMILES string of the molecule is C[C@@H]1COCCN1c1nc(-c2cnc(N)cc2C(F)F)nc(N2C3COC[C@@H]2[I-]OC3)n1. The van der Waals surface area contributed by atoms with Gasteiger partial charge < -0.3 is 0 Å². The van der Waals surface area contributed by atoms with Crippen molar-refractivity contribution in [2.45, 2.75) is 29.5 Å². The number of nitrogen functional groups attached to an aromatic ring is 1. The summed E-state index contributed by atoms with van der Waals surface area (Å²) in [7, 11) is 0. The molecule has 2 aromatic rings. The van der Waals surface area contributed by atoms with Gasteiger partial charge in [0.1, 0.15) is 0 Å². The zero-order valence-corrected chi connectivity index (χ0v) is 19.5. The fourth-order valence-electron chi connectivity index (χ4n) is 3.96. The van der Waals surface area contributed by atoms with Crippen molar-refractivity contribution in [1.29, 1.82) is 0 Å². The van der Waals surface area contributed by atoms with E-state index < -0.39 is 28.0 Å². The Labute approximate surface area is 194 Å². The minimum atomic E-state index is -2.75. The zero-order valence-electron chi connectivity index (χ0n) is 17.3. The van der Waals surface area contributed by atoms with Crippen molar-refractivity contribution in [2.75, 3.05) is 55.1 Å². The van der Waals surface area contributed by atoms with Gasteiger partial charge in [0.15, 0.2) is 0 Å². The van der Waals surface area contributed by atoms with Crippen LogP contribution in [0.2, 0.25) is 0 Å². The molecule has 32 heavy (non-hydrogen) atoms. The third-order valence-electron chi connectivity index (χ3n) is 5.58. The zero-order chi connectivity index (χ0) is 22.2. The number of pyridine rings is 1. The summed E-state index contributed by atoms with van der Waals surface area (Å²) >= 11 is -0.596. The van der Waals surface area contributed by atoms with E-state index in [2.05, 4.69) is 19.9 Å². The molecule has 174 valence electrons.